The smallest absolute Gasteiger partial charge is 0.360 e. The molecule has 8 heteroatoms. The second-order valence-corrected chi connectivity index (χ2v) is 11.9. The zero-order valence-electron chi connectivity index (χ0n) is 22.2. The predicted octanol–water partition coefficient (Wildman–Crippen LogP) is 2.96. The molecule has 0 amide bonds. The van der Waals surface area contributed by atoms with E-state index >= 15 is 0 Å². The van der Waals surface area contributed by atoms with Crippen LogP contribution in [0.3, 0.4) is 0 Å². The maximum Gasteiger partial charge on any atom is 0.360 e. The summed E-state index contributed by atoms with van der Waals surface area (Å²) in [6.07, 6.45) is 1.04. The van der Waals surface area contributed by atoms with Crippen LogP contribution in [0.5, 0.6) is 0 Å². The molecule has 3 aliphatic rings. The Bertz CT molecular complexity index is 1360. The highest BCUT2D eigenvalue weighted by Crippen LogP contribution is 2.62. The third kappa shape index (κ3) is 3.22. The molecular formula is C29H36N2O6. The van der Waals surface area contributed by atoms with Crippen LogP contribution in [0, 0.1) is 28.6 Å². The zero-order chi connectivity index (χ0) is 27.1. The Morgan fingerprint density at radius 3 is 2.57 bits per heavy atom. The Labute approximate surface area is 216 Å². The Morgan fingerprint density at radius 2 is 1.89 bits per heavy atom. The van der Waals surface area contributed by atoms with Gasteiger partial charge in [0.2, 0.25) is 0 Å². The van der Waals surface area contributed by atoms with Crippen molar-refractivity contribution in [3.63, 3.8) is 0 Å². The molecule has 1 aromatic heterocycles. The number of aliphatic hydroxyl groups is 3. The van der Waals surface area contributed by atoms with Crippen molar-refractivity contribution >= 4 is 22.7 Å². The molecule has 3 aliphatic carbocycles. The molecule has 198 valence electrons. The number of aryl methyl sites for hydroxylation is 1. The molecule has 1 spiro atoms. The third-order valence-electron chi connectivity index (χ3n) is 9.69. The van der Waals surface area contributed by atoms with E-state index in [1.807, 2.05) is 32.9 Å². The maximum atomic E-state index is 14.5. The SMILES string of the molecule is CC1=C[C@]23C(=O)[C@@H](C=C(CO)[C@@H](O)[C@]2(O)[C@H]1OC(=O)c1nn(C)c2ccccc12)C(C)(C)[C@@H](C)C[C@H]3C. The lowest BCUT2D eigenvalue weighted by Gasteiger charge is -2.48. The van der Waals surface area contributed by atoms with Crippen LogP contribution in [-0.2, 0) is 16.6 Å². The van der Waals surface area contributed by atoms with Crippen LogP contribution < -0.4 is 0 Å². The van der Waals surface area contributed by atoms with Crippen LogP contribution in [0.15, 0.2) is 47.6 Å². The van der Waals surface area contributed by atoms with Crippen molar-refractivity contribution in [2.45, 2.75) is 58.8 Å². The van der Waals surface area contributed by atoms with Crippen molar-refractivity contribution < 1.29 is 29.6 Å². The summed E-state index contributed by atoms with van der Waals surface area (Å²) in [6.45, 7) is 9.21. The highest BCUT2D eigenvalue weighted by atomic mass is 16.6. The van der Waals surface area contributed by atoms with Crippen molar-refractivity contribution in [2.24, 2.45) is 35.6 Å². The van der Waals surface area contributed by atoms with E-state index in [0.717, 1.165) is 5.52 Å². The number of allylic oxidation sites excluding steroid dienone is 1. The van der Waals surface area contributed by atoms with E-state index in [1.54, 1.807) is 42.9 Å². The molecule has 1 heterocycles. The number of ether oxygens (including phenoxy) is 1. The Kier molecular flexibility index (Phi) is 5.83. The number of para-hydroxylation sites is 1. The third-order valence-corrected chi connectivity index (χ3v) is 9.69. The Balaban J connectivity index is 1.66. The molecular weight excluding hydrogens is 472 g/mol. The van der Waals surface area contributed by atoms with Crippen molar-refractivity contribution in [2.75, 3.05) is 6.61 Å². The lowest BCUT2D eigenvalue weighted by atomic mass is 9.59. The largest absolute Gasteiger partial charge is 0.450 e. The number of aromatic nitrogens is 2. The van der Waals surface area contributed by atoms with Crippen LogP contribution in [0.1, 0.15) is 51.5 Å². The molecule has 5 rings (SSSR count). The fraction of sp³-hybridized carbons (Fsp3) is 0.552. The number of Topliss-reactive ketones (excluding diaryl/α,β-unsaturated/α-hetero) is 1. The molecule has 7 atom stereocenters. The van der Waals surface area contributed by atoms with E-state index in [1.165, 1.54) is 0 Å². The van der Waals surface area contributed by atoms with E-state index in [-0.39, 0.29) is 28.9 Å². The molecule has 0 saturated heterocycles. The number of rotatable bonds is 3. The Morgan fingerprint density at radius 1 is 1.22 bits per heavy atom. The van der Waals surface area contributed by atoms with Crippen LogP contribution in [0.25, 0.3) is 10.9 Å². The number of carbonyl (C=O) groups excluding carboxylic acids is 2. The van der Waals surface area contributed by atoms with Gasteiger partial charge in [-0.05, 0) is 47.8 Å². The van der Waals surface area contributed by atoms with Gasteiger partial charge in [0, 0.05) is 18.4 Å². The summed E-state index contributed by atoms with van der Waals surface area (Å²) in [6, 6.07) is 7.25. The molecule has 3 N–H and O–H groups in total. The summed E-state index contributed by atoms with van der Waals surface area (Å²) in [5.74, 6) is -1.87. The molecule has 0 unspecified atom stereocenters. The number of benzene rings is 1. The number of hydrogen-bond donors (Lipinski definition) is 3. The Hall–Kier alpha value is -2.81. The minimum Gasteiger partial charge on any atom is -0.450 e. The van der Waals surface area contributed by atoms with Crippen LogP contribution >= 0.6 is 0 Å². The van der Waals surface area contributed by atoms with E-state index in [2.05, 4.69) is 12.0 Å². The lowest BCUT2D eigenvalue weighted by Crippen LogP contribution is -2.65. The van der Waals surface area contributed by atoms with Gasteiger partial charge in [0.25, 0.3) is 0 Å². The number of esters is 1. The van der Waals surface area contributed by atoms with E-state index < -0.39 is 47.1 Å². The normalized spacial score (nSPS) is 36.9. The number of fused-ring (bicyclic) bond motifs is 2. The first-order valence-electron chi connectivity index (χ1n) is 12.9. The molecule has 0 aliphatic heterocycles. The molecule has 2 aromatic rings. The van der Waals surface area contributed by atoms with E-state index in [0.29, 0.717) is 17.4 Å². The monoisotopic (exact) mass is 508 g/mol. The van der Waals surface area contributed by atoms with Gasteiger partial charge < -0.3 is 20.1 Å². The lowest BCUT2D eigenvalue weighted by molar-refractivity contribution is -0.190. The van der Waals surface area contributed by atoms with Gasteiger partial charge in [-0.15, -0.1) is 0 Å². The van der Waals surface area contributed by atoms with E-state index in [4.69, 9.17) is 4.74 Å². The standard InChI is InChI=1S/C29H36N2O6/c1-15-13-28-17(3)11-16(2)27(4,5)20(24(28)34)12-18(14-32)23(33)29(28,36)25(15)37-26(35)22-19-9-7-8-10-21(19)31(6)30-22/h7-10,12-13,16-17,20,23,25,32-33,36H,11,14H2,1-6H3/t16-,17+,20+,23+,25-,28-,29-/m0/s1. The van der Waals surface area contributed by atoms with Gasteiger partial charge in [-0.3, -0.25) is 9.48 Å². The fourth-order valence-corrected chi connectivity index (χ4v) is 7.18. The summed E-state index contributed by atoms with van der Waals surface area (Å²) in [5, 5.41) is 39.4. The van der Waals surface area contributed by atoms with Crippen LogP contribution in [0.2, 0.25) is 0 Å². The number of ketones is 1. The van der Waals surface area contributed by atoms with Crippen molar-refractivity contribution in [3.05, 3.63) is 53.3 Å². The van der Waals surface area contributed by atoms with Gasteiger partial charge in [0.1, 0.15) is 6.10 Å². The topological polar surface area (TPSA) is 122 Å². The average molecular weight is 509 g/mol. The zero-order valence-corrected chi connectivity index (χ0v) is 22.2. The van der Waals surface area contributed by atoms with Gasteiger partial charge in [-0.1, -0.05) is 58.0 Å². The first-order valence-corrected chi connectivity index (χ1v) is 12.9. The maximum absolute atomic E-state index is 14.5. The molecule has 1 aromatic carbocycles. The average Bonchev–Trinajstić information content (AvgIpc) is 3.27. The van der Waals surface area contributed by atoms with Crippen LogP contribution in [-0.4, -0.2) is 61.3 Å². The predicted molar refractivity (Wildman–Crippen MR) is 137 cm³/mol. The van der Waals surface area contributed by atoms with Gasteiger partial charge in [-0.2, -0.15) is 5.10 Å². The fourth-order valence-electron chi connectivity index (χ4n) is 7.18. The molecule has 2 bridgehead atoms. The summed E-state index contributed by atoms with van der Waals surface area (Å²) in [5.41, 5.74) is -2.71. The van der Waals surface area contributed by atoms with E-state index in [9.17, 15) is 24.9 Å². The summed E-state index contributed by atoms with van der Waals surface area (Å²) < 4.78 is 7.55. The van der Waals surface area contributed by atoms with Crippen molar-refractivity contribution in [3.8, 4) is 0 Å². The first-order chi connectivity index (χ1) is 17.3. The minimum absolute atomic E-state index is 0.0874. The number of nitrogens with zero attached hydrogens (tertiary/aromatic N) is 2. The quantitative estimate of drug-likeness (QED) is 0.430. The molecule has 1 saturated carbocycles. The molecule has 8 nitrogen and oxygen atoms in total. The van der Waals surface area contributed by atoms with Crippen LogP contribution in [0.4, 0.5) is 0 Å². The van der Waals surface area contributed by atoms with Gasteiger partial charge in [0.05, 0.1) is 17.5 Å². The summed E-state index contributed by atoms with van der Waals surface area (Å²) in [7, 11) is 1.73. The number of carbonyl (C=O) groups is 2. The minimum atomic E-state index is -2.20. The molecule has 1 fully saturated rings. The highest BCUT2D eigenvalue weighted by Gasteiger charge is 2.73. The van der Waals surface area contributed by atoms with Gasteiger partial charge in [0.15, 0.2) is 23.2 Å². The van der Waals surface area contributed by atoms with Gasteiger partial charge >= 0.3 is 5.97 Å². The first kappa shape index (κ1) is 25.8. The van der Waals surface area contributed by atoms with Crippen molar-refractivity contribution in [1.29, 1.82) is 0 Å². The molecule has 0 radical (unpaired) electrons. The summed E-state index contributed by atoms with van der Waals surface area (Å²) >= 11 is 0. The second kappa shape index (κ2) is 8.35. The number of aliphatic hydroxyl groups excluding tert-OH is 2. The van der Waals surface area contributed by atoms with Gasteiger partial charge in [-0.25, -0.2) is 4.79 Å². The summed E-state index contributed by atoms with van der Waals surface area (Å²) in [4.78, 5) is 28.0. The molecule has 37 heavy (non-hydrogen) atoms. The second-order valence-electron chi connectivity index (χ2n) is 11.9. The number of hydrogen-bond acceptors (Lipinski definition) is 7. The highest BCUT2D eigenvalue weighted by molar-refractivity contribution is 6.02. The van der Waals surface area contributed by atoms with Crippen molar-refractivity contribution in [1.82, 2.24) is 9.78 Å².